The van der Waals surface area contributed by atoms with E-state index < -0.39 is 0 Å². The molecule has 0 aliphatic carbocycles. The van der Waals surface area contributed by atoms with Crippen molar-refractivity contribution in [2.24, 2.45) is 0 Å². The fraction of sp³-hybridized carbons (Fsp3) is 0.550. The van der Waals surface area contributed by atoms with Crippen LogP contribution in [0.3, 0.4) is 0 Å². The van der Waals surface area contributed by atoms with Crippen LogP contribution in [0.1, 0.15) is 49.9 Å². The second kappa shape index (κ2) is 8.45. The van der Waals surface area contributed by atoms with Gasteiger partial charge in [-0.05, 0) is 52.3 Å². The van der Waals surface area contributed by atoms with Crippen molar-refractivity contribution in [2.45, 2.75) is 52.1 Å². The van der Waals surface area contributed by atoms with Crippen molar-refractivity contribution in [3.05, 3.63) is 47.6 Å². The lowest BCUT2D eigenvalue weighted by Crippen LogP contribution is -2.49. The van der Waals surface area contributed by atoms with Crippen LogP contribution in [0.4, 0.5) is 0 Å². The number of aryl methyl sites for hydroxylation is 1. The quantitative estimate of drug-likeness (QED) is 0.796. The van der Waals surface area contributed by atoms with E-state index in [0.717, 1.165) is 38.4 Å². The number of benzene rings is 1. The summed E-state index contributed by atoms with van der Waals surface area (Å²) in [4.78, 5) is 21.5. The van der Waals surface area contributed by atoms with Gasteiger partial charge in [-0.3, -0.25) is 9.69 Å². The van der Waals surface area contributed by atoms with E-state index in [-0.39, 0.29) is 11.9 Å². The lowest BCUT2D eigenvalue weighted by molar-refractivity contribution is -0.137. The summed E-state index contributed by atoms with van der Waals surface area (Å²) in [6.45, 7) is 9.04. The fourth-order valence-corrected chi connectivity index (χ4v) is 3.58. The highest BCUT2D eigenvalue weighted by atomic mass is 16.5. The summed E-state index contributed by atoms with van der Waals surface area (Å²) in [7, 11) is 0. The molecular weight excluding hydrogens is 328 g/mol. The molecule has 1 aliphatic rings. The summed E-state index contributed by atoms with van der Waals surface area (Å²) >= 11 is 0. The van der Waals surface area contributed by atoms with Gasteiger partial charge in [0.2, 0.25) is 11.8 Å². The number of likely N-dealkylation sites (tertiary alicyclic amines) is 1. The molecule has 0 radical (unpaired) electrons. The molecule has 1 aromatic carbocycles. The Labute approximate surface area is 155 Å². The highest BCUT2D eigenvalue weighted by molar-refractivity contribution is 5.81. The first-order chi connectivity index (χ1) is 12.6. The lowest BCUT2D eigenvalue weighted by atomic mass is 9.95. The average molecular weight is 356 g/mol. The highest BCUT2D eigenvalue weighted by Crippen LogP contribution is 2.28. The number of hydrogen-bond donors (Lipinski definition) is 0. The Hall–Kier alpha value is -2.21. The van der Waals surface area contributed by atoms with E-state index in [1.807, 2.05) is 43.9 Å². The smallest absolute Gasteiger partial charge is 0.239 e. The molecule has 0 spiro atoms. The van der Waals surface area contributed by atoms with Gasteiger partial charge in [-0.2, -0.15) is 4.98 Å². The highest BCUT2D eigenvalue weighted by Gasteiger charge is 2.31. The molecular formula is C20H28N4O2. The Morgan fingerprint density at radius 2 is 2.00 bits per heavy atom. The van der Waals surface area contributed by atoms with E-state index in [0.29, 0.717) is 18.3 Å². The van der Waals surface area contributed by atoms with E-state index >= 15 is 0 Å². The Morgan fingerprint density at radius 1 is 1.31 bits per heavy atom. The first-order valence-corrected chi connectivity index (χ1v) is 9.45. The Bertz CT molecular complexity index is 708. The topological polar surface area (TPSA) is 62.5 Å². The predicted molar refractivity (Wildman–Crippen MR) is 99.6 cm³/mol. The third-order valence-corrected chi connectivity index (χ3v) is 5.24. The number of aromatic nitrogens is 2. The molecule has 3 rings (SSSR count). The fourth-order valence-electron chi connectivity index (χ4n) is 3.58. The second-order valence-electron chi connectivity index (χ2n) is 7.00. The minimum absolute atomic E-state index is 0.107. The number of piperidine rings is 1. The van der Waals surface area contributed by atoms with Gasteiger partial charge in [0.1, 0.15) is 0 Å². The molecule has 0 saturated carbocycles. The van der Waals surface area contributed by atoms with Gasteiger partial charge in [-0.25, -0.2) is 0 Å². The first-order valence-electron chi connectivity index (χ1n) is 9.45. The van der Waals surface area contributed by atoms with Crippen LogP contribution in [0.25, 0.3) is 0 Å². The minimum Gasteiger partial charge on any atom is -0.339 e. The summed E-state index contributed by atoms with van der Waals surface area (Å²) < 4.78 is 5.31. The van der Waals surface area contributed by atoms with Gasteiger partial charge < -0.3 is 9.42 Å². The summed E-state index contributed by atoms with van der Waals surface area (Å²) in [6.07, 6.45) is 1.90. The molecule has 2 aromatic rings. The summed E-state index contributed by atoms with van der Waals surface area (Å²) in [6, 6.07) is 10.1. The molecule has 1 amide bonds. The van der Waals surface area contributed by atoms with Crippen LogP contribution >= 0.6 is 0 Å². The number of amides is 1. The number of carbonyl (C=O) groups excluding carboxylic acids is 1. The van der Waals surface area contributed by atoms with Crippen LogP contribution in [-0.2, 0) is 11.3 Å². The van der Waals surface area contributed by atoms with E-state index in [9.17, 15) is 4.79 Å². The second-order valence-corrected chi connectivity index (χ2v) is 7.00. The zero-order chi connectivity index (χ0) is 18.5. The van der Waals surface area contributed by atoms with E-state index in [1.54, 1.807) is 0 Å². The van der Waals surface area contributed by atoms with Crippen molar-refractivity contribution in [3.8, 4) is 0 Å². The van der Waals surface area contributed by atoms with Crippen molar-refractivity contribution in [2.75, 3.05) is 19.6 Å². The maximum absolute atomic E-state index is 13.0. The van der Waals surface area contributed by atoms with Gasteiger partial charge >= 0.3 is 0 Å². The van der Waals surface area contributed by atoms with Crippen molar-refractivity contribution in [1.29, 1.82) is 0 Å². The standard InChI is InChI=1S/C20H28N4O2/c1-4-23(14-17-8-6-5-7-9-17)20(25)15(2)24-12-10-18(11-13-24)19-21-16(3)22-26-19/h5-9,15,18H,4,10-14H2,1-3H3. The van der Waals surface area contributed by atoms with Crippen LogP contribution in [0.15, 0.2) is 34.9 Å². The molecule has 6 heteroatoms. The normalized spacial score (nSPS) is 17.2. The predicted octanol–water partition coefficient (Wildman–Crippen LogP) is 2.99. The Kier molecular flexibility index (Phi) is 6.04. The van der Waals surface area contributed by atoms with Crippen molar-refractivity contribution in [3.63, 3.8) is 0 Å². The van der Waals surface area contributed by atoms with Crippen molar-refractivity contribution in [1.82, 2.24) is 19.9 Å². The first kappa shape index (κ1) is 18.6. The minimum atomic E-state index is -0.107. The molecule has 1 aliphatic heterocycles. The maximum Gasteiger partial charge on any atom is 0.239 e. The van der Waals surface area contributed by atoms with Gasteiger partial charge in [0.25, 0.3) is 0 Å². The zero-order valence-corrected chi connectivity index (χ0v) is 15.9. The number of rotatable bonds is 6. The van der Waals surface area contributed by atoms with Gasteiger partial charge in [0.05, 0.1) is 6.04 Å². The van der Waals surface area contributed by atoms with Gasteiger partial charge in [0, 0.05) is 19.0 Å². The van der Waals surface area contributed by atoms with Gasteiger partial charge in [-0.1, -0.05) is 35.5 Å². The van der Waals surface area contributed by atoms with E-state index in [2.05, 4.69) is 27.2 Å². The molecule has 0 N–H and O–H groups in total. The van der Waals surface area contributed by atoms with Crippen LogP contribution in [-0.4, -0.2) is 51.5 Å². The van der Waals surface area contributed by atoms with Crippen LogP contribution < -0.4 is 0 Å². The van der Waals surface area contributed by atoms with Gasteiger partial charge in [0.15, 0.2) is 5.82 Å². The van der Waals surface area contributed by atoms with Crippen LogP contribution in [0, 0.1) is 6.92 Å². The summed E-state index contributed by atoms with van der Waals surface area (Å²) in [5.41, 5.74) is 1.17. The molecule has 1 fully saturated rings. The molecule has 1 atom stereocenters. The third-order valence-electron chi connectivity index (χ3n) is 5.24. The molecule has 26 heavy (non-hydrogen) atoms. The number of carbonyl (C=O) groups is 1. The maximum atomic E-state index is 13.0. The monoisotopic (exact) mass is 356 g/mol. The molecule has 140 valence electrons. The molecule has 1 saturated heterocycles. The zero-order valence-electron chi connectivity index (χ0n) is 15.9. The molecule has 6 nitrogen and oxygen atoms in total. The third kappa shape index (κ3) is 4.30. The lowest BCUT2D eigenvalue weighted by Gasteiger charge is -2.36. The van der Waals surface area contributed by atoms with Crippen molar-refractivity contribution >= 4 is 5.91 Å². The Morgan fingerprint density at radius 3 is 2.58 bits per heavy atom. The largest absolute Gasteiger partial charge is 0.339 e. The average Bonchev–Trinajstić information content (AvgIpc) is 3.12. The van der Waals surface area contributed by atoms with Crippen LogP contribution in [0.2, 0.25) is 0 Å². The number of hydrogen-bond acceptors (Lipinski definition) is 5. The van der Waals surface area contributed by atoms with Crippen molar-refractivity contribution < 1.29 is 9.32 Å². The molecule has 0 bridgehead atoms. The molecule has 1 aromatic heterocycles. The number of likely N-dealkylation sites (N-methyl/N-ethyl adjacent to an activating group) is 1. The van der Waals surface area contributed by atoms with Crippen LogP contribution in [0.5, 0.6) is 0 Å². The Balaban J connectivity index is 1.56. The summed E-state index contributed by atoms with van der Waals surface area (Å²) in [5, 5.41) is 3.89. The summed E-state index contributed by atoms with van der Waals surface area (Å²) in [5.74, 6) is 1.93. The number of nitrogens with zero attached hydrogens (tertiary/aromatic N) is 4. The molecule has 1 unspecified atom stereocenters. The van der Waals surface area contributed by atoms with E-state index in [1.165, 1.54) is 5.56 Å². The molecule has 2 heterocycles. The van der Waals surface area contributed by atoms with Gasteiger partial charge in [-0.15, -0.1) is 0 Å². The van der Waals surface area contributed by atoms with E-state index in [4.69, 9.17) is 4.52 Å². The SMILES string of the molecule is CCN(Cc1ccccc1)C(=O)C(C)N1CCC(c2nc(C)no2)CC1.